The van der Waals surface area contributed by atoms with Gasteiger partial charge in [0.05, 0.1) is 26.6 Å². The Bertz CT molecular complexity index is 1320. The van der Waals surface area contributed by atoms with Crippen LogP contribution in [0.4, 0.5) is 5.95 Å². The Hall–Kier alpha value is -3.32. The van der Waals surface area contributed by atoms with Gasteiger partial charge in [0.25, 0.3) is 0 Å². The number of ether oxygens (including phenoxy) is 3. The average Bonchev–Trinajstić information content (AvgIpc) is 3.77. The number of anilines is 1. The topological polar surface area (TPSA) is 143 Å². The third-order valence-corrected chi connectivity index (χ3v) is 8.44. The van der Waals surface area contributed by atoms with Crippen molar-refractivity contribution in [3.05, 3.63) is 36.4 Å². The molecule has 3 aromatic heterocycles. The van der Waals surface area contributed by atoms with Gasteiger partial charge in [0, 0.05) is 19.2 Å². The minimum absolute atomic E-state index is 0.108. The van der Waals surface area contributed by atoms with Crippen LogP contribution in [0.3, 0.4) is 0 Å². The van der Waals surface area contributed by atoms with Crippen molar-refractivity contribution in [1.82, 2.24) is 29.7 Å². The van der Waals surface area contributed by atoms with Crippen molar-refractivity contribution in [1.29, 1.82) is 0 Å². The summed E-state index contributed by atoms with van der Waals surface area (Å²) in [5.74, 6) is 1.77. The van der Waals surface area contributed by atoms with Crippen LogP contribution in [0.25, 0.3) is 11.5 Å². The maximum atomic E-state index is 13.4. The highest BCUT2D eigenvalue weighted by Gasteiger charge is 2.65. The highest BCUT2D eigenvalue weighted by molar-refractivity contribution is 7.93. The van der Waals surface area contributed by atoms with Gasteiger partial charge < -0.3 is 14.2 Å². The molecule has 3 aromatic rings. The van der Waals surface area contributed by atoms with Gasteiger partial charge in [0.15, 0.2) is 17.4 Å². The van der Waals surface area contributed by atoms with Gasteiger partial charge in [-0.3, -0.25) is 9.29 Å². The molecular weight excluding hydrogens is 474 g/mol. The molecule has 3 heterocycles. The summed E-state index contributed by atoms with van der Waals surface area (Å²) in [6.45, 7) is 1.54. The lowest BCUT2D eigenvalue weighted by Crippen LogP contribution is -2.33. The average molecular weight is 502 g/mol. The van der Waals surface area contributed by atoms with Crippen molar-refractivity contribution in [2.75, 3.05) is 26.1 Å². The number of nitrogens with one attached hydrogen (secondary N) is 1. The van der Waals surface area contributed by atoms with E-state index < -0.39 is 21.4 Å². The molecule has 12 nitrogen and oxygen atoms in total. The summed E-state index contributed by atoms with van der Waals surface area (Å²) in [5, 5.41) is 7.48. The smallest absolute Gasteiger partial charge is 0.240 e. The van der Waals surface area contributed by atoms with Gasteiger partial charge in [-0.05, 0) is 37.7 Å². The first-order valence-corrected chi connectivity index (χ1v) is 12.7. The van der Waals surface area contributed by atoms with Crippen LogP contribution in [0.2, 0.25) is 0 Å². The van der Waals surface area contributed by atoms with Gasteiger partial charge in [0.1, 0.15) is 17.0 Å². The molecule has 1 N–H and O–H groups in total. The Labute approximate surface area is 203 Å². The van der Waals surface area contributed by atoms with Crippen molar-refractivity contribution >= 4 is 16.0 Å². The molecule has 5 rings (SSSR count). The fraction of sp³-hybridized carbons (Fsp3) is 0.500. The quantitative estimate of drug-likeness (QED) is 0.440. The summed E-state index contributed by atoms with van der Waals surface area (Å²) in [7, 11) is 0.486. The lowest BCUT2D eigenvalue weighted by atomic mass is 10.2. The van der Waals surface area contributed by atoms with E-state index in [1.54, 1.807) is 12.1 Å². The van der Waals surface area contributed by atoms with Gasteiger partial charge in [-0.1, -0.05) is 6.07 Å². The van der Waals surface area contributed by atoms with Crippen molar-refractivity contribution in [2.24, 2.45) is 5.41 Å². The van der Waals surface area contributed by atoms with E-state index >= 15 is 0 Å². The van der Waals surface area contributed by atoms with Crippen molar-refractivity contribution in [3.8, 4) is 23.1 Å². The molecule has 1 spiro atoms. The lowest BCUT2D eigenvalue weighted by Gasteiger charge is -2.22. The summed E-state index contributed by atoms with van der Waals surface area (Å²) < 4.78 is 47.1. The zero-order valence-electron chi connectivity index (χ0n) is 19.9. The third-order valence-electron chi connectivity index (χ3n) is 6.75. The first-order valence-electron chi connectivity index (χ1n) is 11.2. The van der Waals surface area contributed by atoms with Gasteiger partial charge in [0.2, 0.25) is 21.9 Å². The zero-order chi connectivity index (χ0) is 24.8. The van der Waals surface area contributed by atoms with Gasteiger partial charge in [-0.2, -0.15) is 0 Å². The second-order valence-corrected chi connectivity index (χ2v) is 10.9. The van der Waals surface area contributed by atoms with Crippen LogP contribution in [-0.4, -0.2) is 64.7 Å². The lowest BCUT2D eigenvalue weighted by molar-refractivity contribution is 0.0948. The molecule has 186 valence electrons. The predicted octanol–water partition coefficient (Wildman–Crippen LogP) is 2.39. The molecule has 0 aliphatic heterocycles. The summed E-state index contributed by atoms with van der Waals surface area (Å²) >= 11 is 0. The minimum atomic E-state index is -3.97. The van der Waals surface area contributed by atoms with Gasteiger partial charge >= 0.3 is 0 Å². The molecule has 0 amide bonds. The Kier molecular flexibility index (Phi) is 5.83. The SMILES string of the molecule is COc1cnc(C(OC)C(C)S(=O)(=O)Nc2nnc(-c3cccc(OC)n3)n2[C@H]2CC23CC3)nc1. The van der Waals surface area contributed by atoms with Crippen LogP contribution >= 0.6 is 0 Å². The Morgan fingerprint density at radius 3 is 2.46 bits per heavy atom. The largest absolute Gasteiger partial charge is 0.494 e. The van der Waals surface area contributed by atoms with Crippen LogP contribution in [0.15, 0.2) is 30.6 Å². The highest BCUT2D eigenvalue weighted by atomic mass is 32.2. The fourth-order valence-electron chi connectivity index (χ4n) is 4.34. The van der Waals surface area contributed by atoms with Crippen LogP contribution in [0.1, 0.15) is 44.2 Å². The molecule has 0 aromatic carbocycles. The number of sulfonamides is 1. The van der Waals surface area contributed by atoms with E-state index in [1.807, 2.05) is 10.6 Å². The number of rotatable bonds is 10. The van der Waals surface area contributed by atoms with E-state index in [4.69, 9.17) is 14.2 Å². The van der Waals surface area contributed by atoms with Crippen molar-refractivity contribution in [2.45, 2.75) is 43.6 Å². The van der Waals surface area contributed by atoms with Crippen LogP contribution in [0, 0.1) is 5.41 Å². The van der Waals surface area contributed by atoms with Gasteiger partial charge in [-0.15, -0.1) is 10.2 Å². The molecule has 2 saturated carbocycles. The molecule has 3 atom stereocenters. The van der Waals surface area contributed by atoms with Crippen LogP contribution in [-0.2, 0) is 14.8 Å². The Balaban J connectivity index is 1.46. The molecule has 2 unspecified atom stereocenters. The molecule has 2 aliphatic rings. The normalized spacial score (nSPS) is 19.7. The number of hydrogen-bond donors (Lipinski definition) is 1. The Morgan fingerprint density at radius 1 is 1.11 bits per heavy atom. The van der Waals surface area contributed by atoms with Crippen LogP contribution in [0.5, 0.6) is 11.6 Å². The third kappa shape index (κ3) is 4.29. The number of pyridine rings is 1. The van der Waals surface area contributed by atoms with E-state index in [1.165, 1.54) is 40.6 Å². The zero-order valence-corrected chi connectivity index (χ0v) is 20.7. The van der Waals surface area contributed by atoms with E-state index in [2.05, 4.69) is 29.9 Å². The molecule has 0 radical (unpaired) electrons. The number of nitrogens with zero attached hydrogens (tertiary/aromatic N) is 6. The fourth-order valence-corrected chi connectivity index (χ4v) is 5.48. The number of hydrogen-bond acceptors (Lipinski definition) is 10. The second kappa shape index (κ2) is 8.72. The second-order valence-electron chi connectivity index (χ2n) is 8.85. The summed E-state index contributed by atoms with van der Waals surface area (Å²) in [4.78, 5) is 12.9. The first-order chi connectivity index (χ1) is 16.8. The maximum Gasteiger partial charge on any atom is 0.240 e. The van der Waals surface area contributed by atoms with E-state index in [-0.39, 0.29) is 23.2 Å². The minimum Gasteiger partial charge on any atom is -0.494 e. The van der Waals surface area contributed by atoms with E-state index in [9.17, 15) is 8.42 Å². The van der Waals surface area contributed by atoms with Crippen LogP contribution < -0.4 is 14.2 Å². The monoisotopic (exact) mass is 501 g/mol. The molecule has 0 bridgehead atoms. The van der Waals surface area contributed by atoms with Gasteiger partial charge in [-0.25, -0.2) is 23.4 Å². The molecule has 13 heteroatoms. The summed E-state index contributed by atoms with van der Waals surface area (Å²) in [5.41, 5.74) is 0.757. The van der Waals surface area contributed by atoms with Crippen molar-refractivity contribution < 1.29 is 22.6 Å². The maximum absolute atomic E-state index is 13.4. The van der Waals surface area contributed by atoms with Crippen molar-refractivity contribution in [3.63, 3.8) is 0 Å². The molecule has 2 aliphatic carbocycles. The van der Waals surface area contributed by atoms with E-state index in [0.717, 1.165) is 19.3 Å². The molecular formula is C22H27N7O5S. The number of methoxy groups -OCH3 is 3. The standard InChI is InChI=1S/C22H27N7O5S/c1-13(18(34-4)19-23-11-14(32-2)12-24-19)35(30,31)28-21-27-26-20(15-6-5-7-17(25-15)33-3)29(21)16-10-22(16)8-9-22/h5-7,11-13,16,18H,8-10H2,1-4H3,(H,27,28)/t13?,16-,18?/m0/s1. The molecule has 0 saturated heterocycles. The number of aromatic nitrogens is 6. The first kappa shape index (κ1) is 23.4. The van der Waals surface area contributed by atoms with E-state index in [0.29, 0.717) is 23.1 Å². The predicted molar refractivity (Wildman–Crippen MR) is 125 cm³/mol. The summed E-state index contributed by atoms with van der Waals surface area (Å²) in [6.07, 6.45) is 5.17. The molecule has 35 heavy (non-hydrogen) atoms. The highest BCUT2D eigenvalue weighted by Crippen LogP contribution is 2.73. The summed E-state index contributed by atoms with van der Waals surface area (Å²) in [6, 6.07) is 5.45. The Morgan fingerprint density at radius 2 is 1.86 bits per heavy atom. The molecule has 2 fully saturated rings.